The van der Waals surface area contributed by atoms with Gasteiger partial charge in [-0.2, -0.15) is 0 Å². The number of hydrogen-bond acceptors (Lipinski definition) is 6. The van der Waals surface area contributed by atoms with E-state index >= 15 is 0 Å². The van der Waals surface area contributed by atoms with Gasteiger partial charge in [-0.3, -0.25) is 10.1 Å². The minimum Gasteiger partial charge on any atom is -0.493 e. The number of carbonyl (C=O) groups excluding carboxylic acids is 1. The van der Waals surface area contributed by atoms with E-state index in [0.717, 1.165) is 24.2 Å². The number of carbonyl (C=O) groups is 1. The first-order chi connectivity index (χ1) is 11.7. The summed E-state index contributed by atoms with van der Waals surface area (Å²) < 4.78 is 10.7. The van der Waals surface area contributed by atoms with E-state index in [4.69, 9.17) is 9.47 Å². The van der Waals surface area contributed by atoms with Gasteiger partial charge in [0.25, 0.3) is 0 Å². The number of ether oxygens (including phenoxy) is 2. The minimum atomic E-state index is -0.265. The summed E-state index contributed by atoms with van der Waals surface area (Å²) in [6, 6.07) is 7.63. The van der Waals surface area contributed by atoms with Crippen molar-refractivity contribution in [1.82, 2.24) is 10.2 Å². The van der Waals surface area contributed by atoms with E-state index in [9.17, 15) is 4.79 Å². The van der Waals surface area contributed by atoms with Crippen molar-refractivity contribution >= 4 is 28.5 Å². The molecule has 6 nitrogen and oxygen atoms in total. The molecule has 0 fully saturated rings. The fourth-order valence-electron chi connectivity index (χ4n) is 1.87. The van der Waals surface area contributed by atoms with E-state index in [1.54, 1.807) is 13.2 Å². The number of anilines is 1. The Hall–Kier alpha value is -2.25. The molecule has 0 aliphatic heterocycles. The molecule has 0 aliphatic carbocycles. The van der Waals surface area contributed by atoms with E-state index < -0.39 is 0 Å². The SMILES string of the molecule is CCCCOc1ccccc1/C=C/C(=O)Nc1nnc(COC)s1. The van der Waals surface area contributed by atoms with Crippen molar-refractivity contribution in [2.24, 2.45) is 0 Å². The Balaban J connectivity index is 1.95. The number of nitrogens with one attached hydrogen (secondary N) is 1. The van der Waals surface area contributed by atoms with Gasteiger partial charge in [0.05, 0.1) is 6.61 Å². The maximum atomic E-state index is 12.0. The Morgan fingerprint density at radius 3 is 2.96 bits per heavy atom. The van der Waals surface area contributed by atoms with Crippen LogP contribution < -0.4 is 10.1 Å². The Bertz CT molecular complexity index is 685. The first-order valence-corrected chi connectivity index (χ1v) is 8.56. The molecule has 2 aromatic rings. The summed E-state index contributed by atoms with van der Waals surface area (Å²) in [5, 5.41) is 11.7. The number of para-hydroxylation sites is 1. The van der Waals surface area contributed by atoms with Gasteiger partial charge >= 0.3 is 0 Å². The zero-order chi connectivity index (χ0) is 17.2. The van der Waals surface area contributed by atoms with Crippen molar-refractivity contribution in [3.8, 4) is 5.75 Å². The van der Waals surface area contributed by atoms with Gasteiger partial charge in [-0.05, 0) is 18.6 Å². The highest BCUT2D eigenvalue weighted by Gasteiger charge is 2.06. The van der Waals surface area contributed by atoms with Crippen molar-refractivity contribution in [2.75, 3.05) is 19.0 Å². The summed E-state index contributed by atoms with van der Waals surface area (Å²) in [5.74, 6) is 0.506. The topological polar surface area (TPSA) is 73.3 Å². The summed E-state index contributed by atoms with van der Waals surface area (Å²) in [6.45, 7) is 3.16. The summed E-state index contributed by atoms with van der Waals surface area (Å²) in [5.41, 5.74) is 0.862. The van der Waals surface area contributed by atoms with Crippen LogP contribution in [-0.2, 0) is 16.1 Å². The minimum absolute atomic E-state index is 0.265. The first-order valence-electron chi connectivity index (χ1n) is 7.75. The smallest absolute Gasteiger partial charge is 0.250 e. The van der Waals surface area contributed by atoms with Crippen molar-refractivity contribution in [3.63, 3.8) is 0 Å². The van der Waals surface area contributed by atoms with Crippen LogP contribution in [0.2, 0.25) is 0 Å². The molecule has 1 aromatic carbocycles. The predicted octanol–water partition coefficient (Wildman–Crippen LogP) is 3.52. The Kier molecular flexibility index (Phi) is 7.38. The monoisotopic (exact) mass is 347 g/mol. The standard InChI is InChI=1S/C17H21N3O3S/c1-3-4-11-23-14-8-6-5-7-13(14)9-10-15(21)18-17-20-19-16(24-17)12-22-2/h5-10H,3-4,11-12H2,1-2H3,(H,18,20,21)/b10-9+. The van der Waals surface area contributed by atoms with E-state index in [0.29, 0.717) is 23.4 Å². The molecule has 128 valence electrons. The van der Waals surface area contributed by atoms with Gasteiger partial charge in [0, 0.05) is 18.7 Å². The van der Waals surface area contributed by atoms with Crippen LogP contribution in [0.5, 0.6) is 5.75 Å². The molecule has 0 radical (unpaired) electrons. The van der Waals surface area contributed by atoms with Crippen LogP contribution in [0.3, 0.4) is 0 Å². The van der Waals surface area contributed by atoms with Gasteiger partial charge in [0.1, 0.15) is 17.4 Å². The lowest BCUT2D eigenvalue weighted by atomic mass is 10.2. The second-order valence-electron chi connectivity index (χ2n) is 5.00. The second kappa shape index (κ2) is 9.79. The lowest BCUT2D eigenvalue weighted by Crippen LogP contribution is -2.07. The number of methoxy groups -OCH3 is 1. The fraction of sp³-hybridized carbons (Fsp3) is 0.353. The molecule has 0 aliphatic rings. The molecule has 1 aromatic heterocycles. The molecule has 1 amide bonds. The second-order valence-corrected chi connectivity index (χ2v) is 6.06. The van der Waals surface area contributed by atoms with Crippen LogP contribution in [0.15, 0.2) is 30.3 Å². The molecule has 0 spiro atoms. The summed E-state index contributed by atoms with van der Waals surface area (Å²) in [7, 11) is 1.59. The van der Waals surface area contributed by atoms with Crippen molar-refractivity contribution in [1.29, 1.82) is 0 Å². The number of benzene rings is 1. The fourth-order valence-corrected chi connectivity index (χ4v) is 2.59. The molecular formula is C17H21N3O3S. The number of unbranched alkanes of at least 4 members (excludes halogenated alkanes) is 1. The number of aromatic nitrogens is 2. The maximum absolute atomic E-state index is 12.0. The number of amides is 1. The van der Waals surface area contributed by atoms with Gasteiger partial charge in [-0.15, -0.1) is 10.2 Å². The third-order valence-corrected chi connectivity index (χ3v) is 3.87. The van der Waals surface area contributed by atoms with Gasteiger partial charge in [-0.25, -0.2) is 0 Å². The molecule has 0 bridgehead atoms. The third kappa shape index (κ3) is 5.75. The molecule has 0 saturated carbocycles. The quantitative estimate of drug-likeness (QED) is 0.555. The highest BCUT2D eigenvalue weighted by Crippen LogP contribution is 2.20. The number of rotatable bonds is 9. The van der Waals surface area contributed by atoms with Crippen LogP contribution in [-0.4, -0.2) is 29.8 Å². The maximum Gasteiger partial charge on any atom is 0.250 e. The van der Waals surface area contributed by atoms with E-state index in [1.807, 2.05) is 24.3 Å². The third-order valence-electron chi connectivity index (χ3n) is 3.05. The average molecular weight is 347 g/mol. The zero-order valence-corrected chi connectivity index (χ0v) is 14.6. The Morgan fingerprint density at radius 2 is 2.17 bits per heavy atom. The van der Waals surface area contributed by atoms with Gasteiger partial charge in [0.2, 0.25) is 11.0 Å². The lowest BCUT2D eigenvalue weighted by molar-refractivity contribution is -0.111. The lowest BCUT2D eigenvalue weighted by Gasteiger charge is -2.08. The molecule has 0 saturated heterocycles. The average Bonchev–Trinajstić information content (AvgIpc) is 3.01. The molecule has 0 atom stereocenters. The number of nitrogens with zero attached hydrogens (tertiary/aromatic N) is 2. The van der Waals surface area contributed by atoms with Gasteiger partial charge in [-0.1, -0.05) is 42.9 Å². The zero-order valence-electron chi connectivity index (χ0n) is 13.8. The van der Waals surface area contributed by atoms with Crippen molar-refractivity contribution in [3.05, 3.63) is 40.9 Å². The van der Waals surface area contributed by atoms with E-state index in [2.05, 4.69) is 22.4 Å². The highest BCUT2D eigenvalue weighted by atomic mass is 32.1. The molecule has 1 heterocycles. The normalized spacial score (nSPS) is 10.9. The van der Waals surface area contributed by atoms with Crippen molar-refractivity contribution < 1.29 is 14.3 Å². The first kappa shape index (κ1) is 18.1. The summed E-state index contributed by atoms with van der Waals surface area (Å²) in [6.07, 6.45) is 5.26. The summed E-state index contributed by atoms with van der Waals surface area (Å²) >= 11 is 1.29. The van der Waals surface area contributed by atoms with Gasteiger partial charge in [0.15, 0.2) is 0 Å². The molecule has 0 unspecified atom stereocenters. The van der Waals surface area contributed by atoms with Crippen LogP contribution in [0, 0.1) is 0 Å². The van der Waals surface area contributed by atoms with E-state index in [-0.39, 0.29) is 5.91 Å². The summed E-state index contributed by atoms with van der Waals surface area (Å²) in [4.78, 5) is 12.0. The van der Waals surface area contributed by atoms with Crippen LogP contribution in [0.4, 0.5) is 5.13 Å². The largest absolute Gasteiger partial charge is 0.493 e. The Morgan fingerprint density at radius 1 is 1.33 bits per heavy atom. The molecule has 7 heteroatoms. The van der Waals surface area contributed by atoms with Gasteiger partial charge < -0.3 is 9.47 Å². The predicted molar refractivity (Wildman–Crippen MR) is 95.1 cm³/mol. The highest BCUT2D eigenvalue weighted by molar-refractivity contribution is 7.15. The Labute approximate surface area is 145 Å². The molecule has 1 N–H and O–H groups in total. The number of hydrogen-bond donors (Lipinski definition) is 1. The van der Waals surface area contributed by atoms with Crippen molar-refractivity contribution in [2.45, 2.75) is 26.4 Å². The van der Waals surface area contributed by atoms with Crippen LogP contribution >= 0.6 is 11.3 Å². The molecule has 24 heavy (non-hydrogen) atoms. The molecular weight excluding hydrogens is 326 g/mol. The van der Waals surface area contributed by atoms with Crippen LogP contribution in [0.25, 0.3) is 6.08 Å². The van der Waals surface area contributed by atoms with E-state index in [1.165, 1.54) is 17.4 Å². The molecule has 2 rings (SSSR count). The van der Waals surface area contributed by atoms with Crippen LogP contribution in [0.1, 0.15) is 30.3 Å².